The molecule has 3 heterocycles. The predicted octanol–water partition coefficient (Wildman–Crippen LogP) is 2.53. The lowest BCUT2D eigenvalue weighted by Crippen LogP contribution is -2.56. The Morgan fingerprint density at radius 1 is 1.32 bits per heavy atom. The number of rotatable bonds is 1. The molecule has 1 unspecified atom stereocenters. The zero-order valence-electron chi connectivity index (χ0n) is 14.1. The van der Waals surface area contributed by atoms with E-state index in [0.717, 1.165) is 30.9 Å². The van der Waals surface area contributed by atoms with Gasteiger partial charge in [0.1, 0.15) is 0 Å². The molecule has 2 fully saturated rings. The summed E-state index contributed by atoms with van der Waals surface area (Å²) in [5.74, 6) is 0.0899. The molecule has 0 spiro atoms. The van der Waals surface area contributed by atoms with Gasteiger partial charge in [-0.15, -0.1) is 6.58 Å². The number of fused-ring (bicyclic) bond motifs is 1. The summed E-state index contributed by atoms with van der Waals surface area (Å²) in [5.41, 5.74) is 2.57. The zero-order valence-corrected chi connectivity index (χ0v) is 14.1. The van der Waals surface area contributed by atoms with Crippen molar-refractivity contribution in [3.63, 3.8) is 0 Å². The molecular formula is C17H28N4O. The Labute approximate surface area is 133 Å². The third kappa shape index (κ3) is 3.58. The SMILES string of the molecule is C=CC.Cc1[nH]nc(C(=O)N2CCN3CCCCC3C2)c1C. The lowest BCUT2D eigenvalue weighted by Gasteiger charge is -2.43. The van der Waals surface area contributed by atoms with E-state index in [1.54, 1.807) is 6.08 Å². The summed E-state index contributed by atoms with van der Waals surface area (Å²) < 4.78 is 0. The van der Waals surface area contributed by atoms with Crippen molar-refractivity contribution in [2.24, 2.45) is 0 Å². The number of aryl methyl sites for hydroxylation is 1. The van der Waals surface area contributed by atoms with Gasteiger partial charge in [0.25, 0.3) is 5.91 Å². The first-order valence-electron chi connectivity index (χ1n) is 8.20. The van der Waals surface area contributed by atoms with E-state index in [9.17, 15) is 4.79 Å². The molecule has 2 aliphatic rings. The quantitative estimate of drug-likeness (QED) is 0.811. The van der Waals surface area contributed by atoms with Gasteiger partial charge in [0, 0.05) is 36.9 Å². The van der Waals surface area contributed by atoms with Gasteiger partial charge in [-0.2, -0.15) is 5.10 Å². The Balaban J connectivity index is 0.000000545. The summed E-state index contributed by atoms with van der Waals surface area (Å²) in [6.45, 7) is 13.1. The molecule has 22 heavy (non-hydrogen) atoms. The number of piperidine rings is 1. The fraction of sp³-hybridized carbons (Fsp3) is 0.647. The third-order valence-electron chi connectivity index (χ3n) is 4.58. The van der Waals surface area contributed by atoms with Gasteiger partial charge in [0.2, 0.25) is 0 Å². The van der Waals surface area contributed by atoms with Crippen molar-refractivity contribution in [3.05, 3.63) is 29.6 Å². The fourth-order valence-corrected chi connectivity index (χ4v) is 3.18. The summed E-state index contributed by atoms with van der Waals surface area (Å²) in [7, 11) is 0. The summed E-state index contributed by atoms with van der Waals surface area (Å²) in [4.78, 5) is 17.1. The van der Waals surface area contributed by atoms with Crippen molar-refractivity contribution in [3.8, 4) is 0 Å². The number of nitrogens with zero attached hydrogens (tertiary/aromatic N) is 3. The number of carbonyl (C=O) groups is 1. The molecule has 0 aromatic carbocycles. The monoisotopic (exact) mass is 304 g/mol. The first-order valence-corrected chi connectivity index (χ1v) is 8.20. The maximum Gasteiger partial charge on any atom is 0.274 e. The summed E-state index contributed by atoms with van der Waals surface area (Å²) in [6.07, 6.45) is 5.58. The maximum absolute atomic E-state index is 12.5. The highest BCUT2D eigenvalue weighted by Crippen LogP contribution is 2.22. The van der Waals surface area contributed by atoms with E-state index < -0.39 is 0 Å². The second-order valence-electron chi connectivity index (χ2n) is 6.17. The van der Waals surface area contributed by atoms with Crippen LogP contribution in [0.2, 0.25) is 0 Å². The molecule has 1 aromatic heterocycles. The lowest BCUT2D eigenvalue weighted by atomic mass is 9.99. The number of piperazine rings is 1. The Morgan fingerprint density at radius 2 is 2.05 bits per heavy atom. The summed E-state index contributed by atoms with van der Waals surface area (Å²) in [5, 5.41) is 7.07. The van der Waals surface area contributed by atoms with E-state index in [0.29, 0.717) is 11.7 Å². The van der Waals surface area contributed by atoms with Crippen LogP contribution in [-0.2, 0) is 0 Å². The van der Waals surface area contributed by atoms with Gasteiger partial charge in [-0.1, -0.05) is 12.5 Å². The van der Waals surface area contributed by atoms with Crippen molar-refractivity contribution in [1.29, 1.82) is 0 Å². The lowest BCUT2D eigenvalue weighted by molar-refractivity contribution is 0.0367. The van der Waals surface area contributed by atoms with E-state index in [2.05, 4.69) is 21.7 Å². The molecule has 0 bridgehead atoms. The Kier molecular flexibility index (Phi) is 5.77. The van der Waals surface area contributed by atoms with Crippen LogP contribution in [0, 0.1) is 13.8 Å². The zero-order chi connectivity index (χ0) is 16.1. The highest BCUT2D eigenvalue weighted by atomic mass is 16.2. The van der Waals surface area contributed by atoms with E-state index >= 15 is 0 Å². The number of allylic oxidation sites excluding steroid dienone is 1. The molecule has 0 aliphatic carbocycles. The van der Waals surface area contributed by atoms with E-state index in [1.165, 1.54) is 25.8 Å². The Hall–Kier alpha value is -1.62. The standard InChI is InChI=1S/C14H22N4O.C3H6/c1-10-11(2)15-16-13(10)14(19)18-8-7-17-6-4-3-5-12(17)9-18;1-3-2/h12H,3-9H2,1-2H3,(H,15,16);3H,1H2,2H3. The van der Waals surface area contributed by atoms with Crippen LogP contribution in [0.15, 0.2) is 12.7 Å². The molecule has 2 saturated heterocycles. The largest absolute Gasteiger partial charge is 0.334 e. The molecule has 1 N–H and O–H groups in total. The fourth-order valence-electron chi connectivity index (χ4n) is 3.18. The number of nitrogens with one attached hydrogen (secondary N) is 1. The number of aromatic nitrogens is 2. The van der Waals surface area contributed by atoms with Crippen molar-refractivity contribution in [2.45, 2.75) is 46.1 Å². The van der Waals surface area contributed by atoms with Gasteiger partial charge < -0.3 is 4.90 Å². The molecule has 122 valence electrons. The minimum atomic E-state index is 0.0899. The molecule has 1 atom stereocenters. The first kappa shape index (κ1) is 16.7. The molecule has 1 amide bonds. The number of aromatic amines is 1. The van der Waals surface area contributed by atoms with Crippen molar-refractivity contribution in [1.82, 2.24) is 20.0 Å². The van der Waals surface area contributed by atoms with Crippen LogP contribution in [-0.4, -0.2) is 58.1 Å². The van der Waals surface area contributed by atoms with Crippen LogP contribution in [0.5, 0.6) is 0 Å². The molecule has 0 radical (unpaired) electrons. The van der Waals surface area contributed by atoms with Crippen LogP contribution in [0.4, 0.5) is 0 Å². The first-order chi connectivity index (χ1) is 10.6. The van der Waals surface area contributed by atoms with Crippen molar-refractivity contribution in [2.75, 3.05) is 26.2 Å². The van der Waals surface area contributed by atoms with Crippen LogP contribution in [0.1, 0.15) is 47.9 Å². The number of hydrogen-bond acceptors (Lipinski definition) is 3. The van der Waals surface area contributed by atoms with Crippen LogP contribution >= 0.6 is 0 Å². The second-order valence-corrected chi connectivity index (χ2v) is 6.17. The molecule has 0 saturated carbocycles. The summed E-state index contributed by atoms with van der Waals surface area (Å²) in [6, 6.07) is 0.562. The van der Waals surface area contributed by atoms with Gasteiger partial charge in [0.05, 0.1) is 0 Å². The smallest absolute Gasteiger partial charge is 0.274 e. The topological polar surface area (TPSA) is 52.2 Å². The van der Waals surface area contributed by atoms with Crippen LogP contribution in [0.3, 0.4) is 0 Å². The molecule has 3 rings (SSSR count). The van der Waals surface area contributed by atoms with E-state index in [-0.39, 0.29) is 5.91 Å². The average Bonchev–Trinajstić information content (AvgIpc) is 2.86. The second kappa shape index (κ2) is 7.58. The van der Waals surface area contributed by atoms with Gasteiger partial charge in [-0.3, -0.25) is 14.8 Å². The molecule has 1 aromatic rings. The number of carbonyl (C=O) groups excluding carboxylic acids is 1. The van der Waals surface area contributed by atoms with Gasteiger partial charge >= 0.3 is 0 Å². The third-order valence-corrected chi connectivity index (χ3v) is 4.58. The number of H-pyrrole nitrogens is 1. The normalized spacial score (nSPS) is 21.6. The molecular weight excluding hydrogens is 276 g/mol. The van der Waals surface area contributed by atoms with Crippen molar-refractivity contribution >= 4 is 5.91 Å². The van der Waals surface area contributed by atoms with Crippen LogP contribution in [0.25, 0.3) is 0 Å². The highest BCUT2D eigenvalue weighted by Gasteiger charge is 2.32. The van der Waals surface area contributed by atoms with Crippen molar-refractivity contribution < 1.29 is 4.79 Å². The van der Waals surface area contributed by atoms with E-state index in [4.69, 9.17) is 0 Å². The molecule has 2 aliphatic heterocycles. The Bertz CT molecular complexity index is 523. The highest BCUT2D eigenvalue weighted by molar-refractivity contribution is 5.94. The van der Waals surface area contributed by atoms with Gasteiger partial charge in [-0.05, 0) is 40.2 Å². The Morgan fingerprint density at radius 3 is 2.68 bits per heavy atom. The number of amides is 1. The van der Waals surface area contributed by atoms with Gasteiger partial charge in [0.15, 0.2) is 5.69 Å². The minimum absolute atomic E-state index is 0.0899. The van der Waals surface area contributed by atoms with Gasteiger partial charge in [-0.25, -0.2) is 0 Å². The molecule has 5 nitrogen and oxygen atoms in total. The predicted molar refractivity (Wildman–Crippen MR) is 89.0 cm³/mol. The minimum Gasteiger partial charge on any atom is -0.334 e. The summed E-state index contributed by atoms with van der Waals surface area (Å²) >= 11 is 0. The average molecular weight is 304 g/mol. The van der Waals surface area contributed by atoms with E-state index in [1.807, 2.05) is 25.7 Å². The van der Waals surface area contributed by atoms with Crippen LogP contribution < -0.4 is 0 Å². The number of hydrogen-bond donors (Lipinski definition) is 1. The maximum atomic E-state index is 12.5. The molecule has 5 heteroatoms.